The number of imide groups is 1. The quantitative estimate of drug-likeness (QED) is 0.862. The topological polar surface area (TPSA) is 52.7 Å². The lowest BCUT2D eigenvalue weighted by Crippen LogP contribution is -2.45. The first-order chi connectivity index (χ1) is 12.7. The number of nitrogens with zero attached hydrogens (tertiary/aromatic N) is 2. The Balaban J connectivity index is 1.40. The van der Waals surface area contributed by atoms with Gasteiger partial charge in [0.05, 0.1) is 11.1 Å². The maximum atomic E-state index is 13.0. The van der Waals surface area contributed by atoms with E-state index in [0.29, 0.717) is 6.42 Å². The Bertz CT molecular complexity index is 783. The fourth-order valence-corrected chi connectivity index (χ4v) is 3.92. The number of carbonyl (C=O) groups is 2. The zero-order valence-corrected chi connectivity index (χ0v) is 14.7. The Morgan fingerprint density at radius 1 is 0.885 bits per heavy atom. The van der Waals surface area contributed by atoms with Gasteiger partial charge in [-0.2, -0.15) is 5.01 Å². The molecule has 5 nitrogen and oxygen atoms in total. The van der Waals surface area contributed by atoms with Gasteiger partial charge < -0.3 is 0 Å². The minimum atomic E-state index is -0.536. The number of piperidine rings is 1. The number of amides is 2. The number of benzene rings is 2. The van der Waals surface area contributed by atoms with Crippen LogP contribution in [-0.4, -0.2) is 34.8 Å². The van der Waals surface area contributed by atoms with Gasteiger partial charge in [0, 0.05) is 13.0 Å². The van der Waals surface area contributed by atoms with Gasteiger partial charge in [0.25, 0.3) is 5.91 Å². The second-order valence-electron chi connectivity index (χ2n) is 7.23. The lowest BCUT2D eigenvalue weighted by Gasteiger charge is -2.37. The maximum absolute atomic E-state index is 13.0. The van der Waals surface area contributed by atoms with Crippen molar-refractivity contribution < 1.29 is 9.59 Å². The minimum absolute atomic E-state index is 0.0780. The highest BCUT2D eigenvalue weighted by atomic mass is 16.2. The molecule has 0 aromatic heterocycles. The van der Waals surface area contributed by atoms with E-state index in [1.54, 1.807) is 0 Å². The number of hydrazine groups is 1. The van der Waals surface area contributed by atoms with Crippen LogP contribution in [-0.2, 0) is 16.1 Å². The highest BCUT2D eigenvalue weighted by molar-refractivity contribution is 6.06. The molecule has 1 N–H and O–H groups in total. The average molecular weight is 349 g/mol. The van der Waals surface area contributed by atoms with E-state index in [2.05, 4.69) is 22.5 Å². The van der Waals surface area contributed by atoms with Crippen molar-refractivity contribution in [3.05, 3.63) is 66.2 Å². The summed E-state index contributed by atoms with van der Waals surface area (Å²) >= 11 is 0. The minimum Gasteiger partial charge on any atom is -0.299 e. The molecular formula is C21H23N3O2. The third-order valence-corrected chi connectivity index (χ3v) is 5.47. The van der Waals surface area contributed by atoms with Crippen LogP contribution < -0.4 is 5.43 Å². The van der Waals surface area contributed by atoms with Crippen LogP contribution in [0.4, 0.5) is 5.69 Å². The molecule has 1 spiro atoms. The maximum Gasteiger partial charge on any atom is 0.254 e. The Labute approximate surface area is 153 Å². The van der Waals surface area contributed by atoms with Crippen molar-refractivity contribution in [2.24, 2.45) is 5.41 Å². The third-order valence-electron chi connectivity index (χ3n) is 5.47. The van der Waals surface area contributed by atoms with Gasteiger partial charge >= 0.3 is 0 Å². The number of hydrogen-bond acceptors (Lipinski definition) is 4. The fraction of sp³-hybridized carbons (Fsp3) is 0.333. The van der Waals surface area contributed by atoms with Gasteiger partial charge in [-0.1, -0.05) is 48.5 Å². The summed E-state index contributed by atoms with van der Waals surface area (Å²) in [5.41, 5.74) is 4.49. The molecule has 4 rings (SSSR count). The van der Waals surface area contributed by atoms with E-state index in [9.17, 15) is 9.59 Å². The van der Waals surface area contributed by atoms with Crippen molar-refractivity contribution >= 4 is 17.5 Å². The summed E-state index contributed by atoms with van der Waals surface area (Å²) in [6.45, 7) is 2.57. The fourth-order valence-electron chi connectivity index (χ4n) is 3.92. The molecule has 134 valence electrons. The molecule has 2 aliphatic rings. The van der Waals surface area contributed by atoms with Gasteiger partial charge in [0.15, 0.2) is 0 Å². The largest absolute Gasteiger partial charge is 0.299 e. The average Bonchev–Trinajstić information content (AvgIpc) is 2.90. The van der Waals surface area contributed by atoms with Gasteiger partial charge in [-0.25, -0.2) is 0 Å². The smallest absolute Gasteiger partial charge is 0.254 e. The molecule has 2 saturated heterocycles. The van der Waals surface area contributed by atoms with E-state index in [-0.39, 0.29) is 11.8 Å². The Kier molecular flexibility index (Phi) is 4.47. The number of carbonyl (C=O) groups excluding carboxylic acids is 2. The van der Waals surface area contributed by atoms with Gasteiger partial charge in [0.2, 0.25) is 5.91 Å². The summed E-state index contributed by atoms with van der Waals surface area (Å²) in [4.78, 5) is 27.8. The van der Waals surface area contributed by atoms with Crippen LogP contribution in [0.3, 0.4) is 0 Å². The normalized spacial score (nSPS) is 19.9. The molecule has 2 aliphatic heterocycles. The summed E-state index contributed by atoms with van der Waals surface area (Å²) in [6, 6.07) is 19.7. The predicted octanol–water partition coefficient (Wildman–Crippen LogP) is 3.05. The molecular weight excluding hydrogens is 326 g/mol. The number of anilines is 1. The highest BCUT2D eigenvalue weighted by Crippen LogP contribution is 2.42. The van der Waals surface area contributed by atoms with Crippen molar-refractivity contribution in [2.45, 2.75) is 25.8 Å². The molecule has 0 radical (unpaired) electrons. The van der Waals surface area contributed by atoms with Crippen molar-refractivity contribution in [2.75, 3.05) is 18.5 Å². The molecule has 0 saturated carbocycles. The van der Waals surface area contributed by atoms with Crippen LogP contribution in [0.2, 0.25) is 0 Å². The van der Waals surface area contributed by atoms with E-state index in [1.807, 2.05) is 48.5 Å². The standard InChI is InChI=1S/C21H23N3O2/c25-19-15-21(20(26)24(19)22-18-9-5-2-6-10-18)11-13-23(14-12-21)16-17-7-3-1-4-8-17/h1-10,22H,11-16H2. The molecule has 0 unspecified atom stereocenters. The lowest BCUT2D eigenvalue weighted by molar-refractivity contribution is -0.141. The summed E-state index contributed by atoms with van der Waals surface area (Å²) in [5, 5.41) is 1.22. The SMILES string of the molecule is O=C1CC2(CCN(Cc3ccccc3)CC2)C(=O)N1Nc1ccccc1. The molecule has 2 aromatic rings. The van der Waals surface area contributed by atoms with Crippen LogP contribution in [0.1, 0.15) is 24.8 Å². The molecule has 0 aliphatic carbocycles. The monoisotopic (exact) mass is 349 g/mol. The van der Waals surface area contributed by atoms with Gasteiger partial charge in [-0.15, -0.1) is 0 Å². The van der Waals surface area contributed by atoms with E-state index in [4.69, 9.17) is 0 Å². The van der Waals surface area contributed by atoms with Gasteiger partial charge in [0.1, 0.15) is 0 Å². The zero-order chi connectivity index (χ0) is 18.0. The second-order valence-corrected chi connectivity index (χ2v) is 7.23. The van der Waals surface area contributed by atoms with Crippen molar-refractivity contribution in [3.8, 4) is 0 Å². The Morgan fingerprint density at radius 3 is 2.15 bits per heavy atom. The van der Waals surface area contributed by atoms with E-state index >= 15 is 0 Å². The first-order valence-corrected chi connectivity index (χ1v) is 9.12. The van der Waals surface area contributed by atoms with Crippen LogP contribution in [0.15, 0.2) is 60.7 Å². The lowest BCUT2D eigenvalue weighted by atomic mass is 9.77. The molecule has 2 aromatic carbocycles. The van der Waals surface area contributed by atoms with Crippen LogP contribution >= 0.6 is 0 Å². The summed E-state index contributed by atoms with van der Waals surface area (Å²) in [7, 11) is 0. The molecule has 2 amide bonds. The molecule has 0 bridgehead atoms. The molecule has 2 heterocycles. The zero-order valence-electron chi connectivity index (χ0n) is 14.7. The number of likely N-dealkylation sites (tertiary alicyclic amines) is 1. The second kappa shape index (κ2) is 6.92. The summed E-state index contributed by atoms with van der Waals surface area (Å²) in [6.07, 6.45) is 1.78. The van der Waals surface area contributed by atoms with Gasteiger partial charge in [-0.05, 0) is 43.6 Å². The van der Waals surface area contributed by atoms with Gasteiger partial charge in [-0.3, -0.25) is 19.9 Å². The predicted molar refractivity (Wildman–Crippen MR) is 99.9 cm³/mol. The highest BCUT2D eigenvalue weighted by Gasteiger charge is 2.52. The van der Waals surface area contributed by atoms with Crippen LogP contribution in [0.5, 0.6) is 0 Å². The van der Waals surface area contributed by atoms with E-state index in [1.165, 1.54) is 10.6 Å². The molecule has 0 atom stereocenters. The van der Waals surface area contributed by atoms with E-state index < -0.39 is 5.41 Å². The van der Waals surface area contributed by atoms with Crippen LogP contribution in [0, 0.1) is 5.41 Å². The third kappa shape index (κ3) is 3.22. The Morgan fingerprint density at radius 2 is 1.50 bits per heavy atom. The number of rotatable bonds is 4. The van der Waals surface area contributed by atoms with Crippen molar-refractivity contribution in [3.63, 3.8) is 0 Å². The summed E-state index contributed by atoms with van der Waals surface area (Å²) < 4.78 is 0. The first kappa shape index (κ1) is 16.8. The Hall–Kier alpha value is -2.66. The van der Waals surface area contributed by atoms with Crippen LogP contribution in [0.25, 0.3) is 0 Å². The first-order valence-electron chi connectivity index (χ1n) is 9.12. The molecule has 5 heteroatoms. The van der Waals surface area contributed by atoms with Crippen molar-refractivity contribution in [1.82, 2.24) is 9.91 Å². The molecule has 26 heavy (non-hydrogen) atoms. The molecule has 2 fully saturated rings. The van der Waals surface area contributed by atoms with E-state index in [0.717, 1.165) is 38.2 Å². The summed E-state index contributed by atoms with van der Waals surface area (Å²) in [5.74, 6) is -0.207. The number of nitrogens with one attached hydrogen (secondary N) is 1. The number of hydrogen-bond donors (Lipinski definition) is 1. The van der Waals surface area contributed by atoms with Crippen molar-refractivity contribution in [1.29, 1.82) is 0 Å². The number of para-hydroxylation sites is 1.